The Labute approximate surface area is 156 Å². The third-order valence-electron chi connectivity index (χ3n) is 2.41. The standard InChI is InChI=1S/C8H18N4.C7H9N.2ClH.Fe/c1-9-3-5-11-7-8-12-6-4-10-2;1-6-4-3-5-7(2)8-6;;;/h3-8H2,1-2H3;3-5H,1-2H3;2*1H;/q-4;;;;+2/p-2. The molecule has 23 heavy (non-hydrogen) atoms. The van der Waals surface area contributed by atoms with Crippen LogP contribution in [0, 0.1) is 13.8 Å². The molecule has 0 atom stereocenters. The minimum absolute atomic E-state index is 0.194. The summed E-state index contributed by atoms with van der Waals surface area (Å²) >= 11 is 0.194. The molecule has 1 aromatic heterocycles. The molecule has 138 valence electrons. The summed E-state index contributed by atoms with van der Waals surface area (Å²) < 4.78 is 0. The van der Waals surface area contributed by atoms with E-state index in [4.69, 9.17) is 20.2 Å². The fourth-order valence-corrected chi connectivity index (χ4v) is 1.39. The third-order valence-corrected chi connectivity index (χ3v) is 2.41. The SMILES string of the molecule is C[N-]CC[N-]CC[N-]CC[N-]C.Cc1cccc(C)n1.[Cl][Fe][Cl]. The average molecular weight is 404 g/mol. The number of aromatic nitrogens is 1. The predicted octanol–water partition coefficient (Wildman–Crippen LogP) is 4.82. The van der Waals surface area contributed by atoms with E-state index in [2.05, 4.69) is 26.3 Å². The molecule has 0 radical (unpaired) electrons. The van der Waals surface area contributed by atoms with Gasteiger partial charge in [-0.3, -0.25) is 4.98 Å². The molecule has 0 fully saturated rings. The molecule has 0 saturated carbocycles. The van der Waals surface area contributed by atoms with Gasteiger partial charge in [0.2, 0.25) is 0 Å². The summed E-state index contributed by atoms with van der Waals surface area (Å²) in [6.45, 7) is 9.00. The van der Waals surface area contributed by atoms with Crippen molar-refractivity contribution in [2.75, 3.05) is 53.4 Å². The molecule has 1 aromatic rings. The molecule has 0 amide bonds. The Morgan fingerprint density at radius 1 is 0.826 bits per heavy atom. The molecule has 0 aliphatic heterocycles. The van der Waals surface area contributed by atoms with Gasteiger partial charge in [0, 0.05) is 11.4 Å². The minimum atomic E-state index is 0.194. The van der Waals surface area contributed by atoms with E-state index in [0.29, 0.717) is 0 Å². The number of likely N-dealkylation sites (N-methyl/N-ethyl adjacent to an activating group) is 2. The first-order valence-electron chi connectivity index (χ1n) is 7.25. The Bertz CT molecular complexity index is 318. The van der Waals surface area contributed by atoms with E-state index in [-0.39, 0.29) is 13.1 Å². The van der Waals surface area contributed by atoms with Crippen LogP contribution in [-0.2, 0) is 13.1 Å². The van der Waals surface area contributed by atoms with Crippen molar-refractivity contribution < 1.29 is 13.1 Å². The van der Waals surface area contributed by atoms with Crippen molar-refractivity contribution in [2.45, 2.75) is 13.8 Å². The molecule has 0 aliphatic rings. The fraction of sp³-hybridized carbons (Fsp3) is 0.667. The molecule has 0 N–H and O–H groups in total. The van der Waals surface area contributed by atoms with Gasteiger partial charge >= 0.3 is 33.3 Å². The van der Waals surface area contributed by atoms with E-state index < -0.39 is 0 Å². The number of hydrogen-bond acceptors (Lipinski definition) is 1. The number of hydrogen-bond donors (Lipinski definition) is 0. The first-order valence-corrected chi connectivity index (χ1v) is 10.3. The molecule has 0 saturated heterocycles. The Balaban J connectivity index is 0. The zero-order valence-electron chi connectivity index (χ0n) is 14.3. The van der Waals surface area contributed by atoms with Crippen molar-refractivity contribution in [1.29, 1.82) is 0 Å². The van der Waals surface area contributed by atoms with E-state index >= 15 is 0 Å². The summed E-state index contributed by atoms with van der Waals surface area (Å²) in [7, 11) is 13.1. The van der Waals surface area contributed by atoms with E-state index in [1.165, 1.54) is 0 Å². The van der Waals surface area contributed by atoms with Crippen LogP contribution in [0.1, 0.15) is 11.4 Å². The second-order valence-electron chi connectivity index (χ2n) is 4.39. The fourth-order valence-electron chi connectivity index (χ4n) is 1.39. The van der Waals surface area contributed by atoms with Gasteiger partial charge in [0.15, 0.2) is 0 Å². The molecule has 0 bridgehead atoms. The normalized spacial score (nSPS) is 9.65. The predicted molar refractivity (Wildman–Crippen MR) is 99.9 cm³/mol. The monoisotopic (exact) mass is 403 g/mol. The summed E-state index contributed by atoms with van der Waals surface area (Å²) in [6, 6.07) is 6.00. The maximum absolute atomic E-state index is 4.76. The van der Waals surface area contributed by atoms with Crippen molar-refractivity contribution in [2.24, 2.45) is 0 Å². The number of pyridine rings is 1. The van der Waals surface area contributed by atoms with Crippen molar-refractivity contribution in [3.63, 3.8) is 0 Å². The Kier molecular flexibility index (Phi) is 24.3. The van der Waals surface area contributed by atoms with Gasteiger partial charge in [0.25, 0.3) is 0 Å². The van der Waals surface area contributed by atoms with Gasteiger partial charge in [0.05, 0.1) is 0 Å². The van der Waals surface area contributed by atoms with Crippen LogP contribution in [0.25, 0.3) is 21.3 Å². The number of nitrogens with zero attached hydrogens (tertiary/aromatic N) is 5. The van der Waals surface area contributed by atoms with E-state index in [1.54, 1.807) is 0 Å². The average Bonchev–Trinajstić information content (AvgIpc) is 2.51. The second-order valence-corrected chi connectivity index (χ2v) is 6.22. The van der Waals surface area contributed by atoms with Crippen LogP contribution in [-0.4, -0.2) is 58.3 Å². The molecule has 1 heterocycles. The van der Waals surface area contributed by atoms with Crippen molar-refractivity contribution in [3.05, 3.63) is 50.9 Å². The Morgan fingerprint density at radius 3 is 1.43 bits per heavy atom. The number of rotatable bonds is 9. The van der Waals surface area contributed by atoms with E-state index in [1.807, 2.05) is 46.1 Å². The van der Waals surface area contributed by atoms with Crippen LogP contribution in [0.4, 0.5) is 0 Å². The number of aryl methyl sites for hydroxylation is 2. The van der Waals surface area contributed by atoms with E-state index in [9.17, 15) is 0 Å². The summed E-state index contributed by atoms with van der Waals surface area (Å²) in [5.41, 5.74) is 2.18. The summed E-state index contributed by atoms with van der Waals surface area (Å²) in [5, 5.41) is 16.4. The van der Waals surface area contributed by atoms with Crippen LogP contribution in [0.3, 0.4) is 0 Å². The molecule has 0 aromatic carbocycles. The van der Waals surface area contributed by atoms with Gasteiger partial charge in [-0.05, 0) is 26.0 Å². The van der Waals surface area contributed by atoms with Gasteiger partial charge < -0.3 is 21.3 Å². The van der Waals surface area contributed by atoms with Crippen molar-refractivity contribution in [1.82, 2.24) is 4.98 Å². The molecular formula is C15H27Cl2FeN5-4. The maximum atomic E-state index is 4.76. The van der Waals surface area contributed by atoms with Crippen LogP contribution in [0.5, 0.6) is 0 Å². The Morgan fingerprint density at radius 2 is 1.17 bits per heavy atom. The summed E-state index contributed by atoms with van der Waals surface area (Å²) in [6.07, 6.45) is 0. The molecular weight excluding hydrogens is 377 g/mol. The van der Waals surface area contributed by atoms with Gasteiger partial charge in [-0.15, -0.1) is 0 Å². The van der Waals surface area contributed by atoms with Crippen LogP contribution >= 0.6 is 20.2 Å². The van der Waals surface area contributed by atoms with Crippen LogP contribution < -0.4 is 0 Å². The zero-order chi connectivity index (χ0) is 17.8. The quantitative estimate of drug-likeness (QED) is 0.430. The van der Waals surface area contributed by atoms with E-state index in [0.717, 1.165) is 50.7 Å². The molecule has 0 aliphatic carbocycles. The van der Waals surface area contributed by atoms with Crippen molar-refractivity contribution in [3.8, 4) is 0 Å². The first kappa shape index (κ1) is 25.3. The first-order chi connectivity index (χ1) is 11.1. The molecule has 0 unspecified atom stereocenters. The van der Waals surface area contributed by atoms with Gasteiger partial charge in [0.1, 0.15) is 0 Å². The summed E-state index contributed by atoms with van der Waals surface area (Å²) in [4.78, 5) is 4.17. The molecule has 5 nitrogen and oxygen atoms in total. The van der Waals surface area contributed by atoms with Crippen LogP contribution in [0.15, 0.2) is 18.2 Å². The molecule has 1 rings (SSSR count). The topological polar surface area (TPSA) is 69.3 Å². The summed E-state index contributed by atoms with van der Waals surface area (Å²) in [5.74, 6) is 0. The Hall–Kier alpha value is 0.0895. The third kappa shape index (κ3) is 24.5. The molecule has 8 heteroatoms. The second kappa shape index (κ2) is 22.1. The van der Waals surface area contributed by atoms with Gasteiger partial charge in [-0.25, -0.2) is 0 Å². The van der Waals surface area contributed by atoms with Crippen molar-refractivity contribution >= 4 is 20.2 Å². The van der Waals surface area contributed by atoms with Gasteiger partial charge in [-0.1, -0.05) is 6.07 Å². The number of halogens is 2. The zero-order valence-corrected chi connectivity index (χ0v) is 16.9. The van der Waals surface area contributed by atoms with Crippen LogP contribution in [0.2, 0.25) is 0 Å². The molecule has 0 spiro atoms. The van der Waals surface area contributed by atoms with Gasteiger partial charge in [-0.2, -0.15) is 53.4 Å².